The summed E-state index contributed by atoms with van der Waals surface area (Å²) in [7, 11) is 0. The van der Waals surface area contributed by atoms with Gasteiger partial charge in [-0.25, -0.2) is 0 Å². The Hall–Kier alpha value is -3.70. The first kappa shape index (κ1) is 23.1. The second kappa shape index (κ2) is 10.7. The molecular formula is C24H22N6O3S2. The Morgan fingerprint density at radius 2 is 1.69 bits per heavy atom. The van der Waals surface area contributed by atoms with Crippen molar-refractivity contribution in [2.75, 3.05) is 42.1 Å². The minimum atomic E-state index is -0.434. The Bertz CT molecular complexity index is 1290. The number of thioether (sulfide) groups is 1. The Morgan fingerprint density at radius 3 is 2.43 bits per heavy atom. The van der Waals surface area contributed by atoms with Crippen molar-refractivity contribution in [3.8, 4) is 11.3 Å². The van der Waals surface area contributed by atoms with Crippen LogP contribution in [0.1, 0.15) is 10.5 Å². The number of aromatic nitrogens is 3. The summed E-state index contributed by atoms with van der Waals surface area (Å²) in [4.78, 5) is 29.3. The lowest BCUT2D eigenvalue weighted by Gasteiger charge is -2.36. The van der Waals surface area contributed by atoms with Crippen LogP contribution in [0.25, 0.3) is 11.3 Å². The highest BCUT2D eigenvalue weighted by Gasteiger charge is 2.22. The van der Waals surface area contributed by atoms with Crippen molar-refractivity contribution in [1.29, 1.82) is 0 Å². The molecule has 3 heterocycles. The van der Waals surface area contributed by atoms with Crippen molar-refractivity contribution < 1.29 is 14.1 Å². The van der Waals surface area contributed by atoms with Gasteiger partial charge in [-0.2, -0.15) is 0 Å². The summed E-state index contributed by atoms with van der Waals surface area (Å²) in [5, 5.41) is 14.9. The first-order valence-electron chi connectivity index (χ1n) is 11.0. The van der Waals surface area contributed by atoms with Crippen molar-refractivity contribution in [2.24, 2.45) is 0 Å². The Labute approximate surface area is 210 Å². The fraction of sp³-hybridized carbons (Fsp3) is 0.208. The molecule has 5 rings (SSSR count). The summed E-state index contributed by atoms with van der Waals surface area (Å²) in [6, 6.07) is 21.2. The van der Waals surface area contributed by atoms with Crippen LogP contribution in [0.4, 0.5) is 10.8 Å². The number of hydrogen-bond acceptors (Lipinski definition) is 9. The van der Waals surface area contributed by atoms with Gasteiger partial charge in [0.05, 0.1) is 5.75 Å². The Morgan fingerprint density at radius 1 is 0.971 bits per heavy atom. The summed E-state index contributed by atoms with van der Waals surface area (Å²) in [5.74, 6) is 0.417. The zero-order valence-corrected chi connectivity index (χ0v) is 20.3. The molecule has 35 heavy (non-hydrogen) atoms. The van der Waals surface area contributed by atoms with E-state index in [2.05, 4.69) is 37.7 Å². The van der Waals surface area contributed by atoms with Crippen LogP contribution in [0.2, 0.25) is 0 Å². The Kier molecular flexibility index (Phi) is 7.05. The van der Waals surface area contributed by atoms with E-state index in [-0.39, 0.29) is 17.4 Å². The monoisotopic (exact) mass is 506 g/mol. The van der Waals surface area contributed by atoms with Crippen LogP contribution in [0.15, 0.2) is 75.6 Å². The molecule has 4 aromatic rings. The number of hydrogen-bond donors (Lipinski definition) is 1. The molecule has 1 aliphatic heterocycles. The Balaban J connectivity index is 1.09. The van der Waals surface area contributed by atoms with Gasteiger partial charge < -0.3 is 14.3 Å². The third-order valence-electron chi connectivity index (χ3n) is 5.50. The molecule has 2 aromatic carbocycles. The first-order valence-corrected chi connectivity index (χ1v) is 12.8. The van der Waals surface area contributed by atoms with Gasteiger partial charge in [-0.15, -0.1) is 10.2 Å². The lowest BCUT2D eigenvalue weighted by atomic mass is 10.1. The average Bonchev–Trinajstić information content (AvgIpc) is 3.59. The summed E-state index contributed by atoms with van der Waals surface area (Å²) >= 11 is 2.54. The highest BCUT2D eigenvalue weighted by Crippen LogP contribution is 2.27. The number of nitrogens with one attached hydrogen (secondary N) is 1. The molecule has 2 aromatic heterocycles. The number of nitrogens with zero attached hydrogens (tertiary/aromatic N) is 5. The number of rotatable bonds is 7. The average molecular weight is 507 g/mol. The van der Waals surface area contributed by atoms with Crippen molar-refractivity contribution in [3.63, 3.8) is 0 Å². The van der Waals surface area contributed by atoms with Crippen molar-refractivity contribution in [3.05, 3.63) is 72.4 Å². The standard InChI is InChI=1S/C24H22N6O3S2/c31-21(30-13-11-29(12-14-30)18-9-5-2-6-10-18)16-34-24-27-26-23(35-24)25-22(32)19-15-20(33-28-19)17-7-3-1-4-8-17/h1-10,15H,11-14,16H2,(H,25,26,32). The number of amides is 2. The number of piperazine rings is 1. The van der Waals surface area contributed by atoms with Gasteiger partial charge in [0.15, 0.2) is 15.8 Å². The largest absolute Gasteiger partial charge is 0.368 e. The topological polar surface area (TPSA) is 104 Å². The van der Waals surface area contributed by atoms with Gasteiger partial charge in [0, 0.05) is 43.5 Å². The zero-order valence-electron chi connectivity index (χ0n) is 18.7. The summed E-state index contributed by atoms with van der Waals surface area (Å²) < 4.78 is 5.89. The maximum atomic E-state index is 12.7. The minimum absolute atomic E-state index is 0.0690. The maximum Gasteiger partial charge on any atom is 0.279 e. The molecular weight excluding hydrogens is 484 g/mol. The van der Waals surface area contributed by atoms with Crippen LogP contribution < -0.4 is 10.2 Å². The highest BCUT2D eigenvalue weighted by atomic mass is 32.2. The van der Waals surface area contributed by atoms with E-state index in [1.54, 1.807) is 6.07 Å². The van der Waals surface area contributed by atoms with Gasteiger partial charge in [-0.3, -0.25) is 14.9 Å². The van der Waals surface area contributed by atoms with E-state index in [4.69, 9.17) is 4.52 Å². The quantitative estimate of drug-likeness (QED) is 0.297. The number of benzene rings is 2. The predicted octanol–water partition coefficient (Wildman–Crippen LogP) is 3.89. The molecule has 11 heteroatoms. The lowest BCUT2D eigenvalue weighted by molar-refractivity contribution is -0.128. The van der Waals surface area contributed by atoms with Crippen LogP contribution in [-0.4, -0.2) is 64.0 Å². The molecule has 0 saturated carbocycles. The van der Waals surface area contributed by atoms with Crippen LogP contribution in [0.3, 0.4) is 0 Å². The number of carbonyl (C=O) groups excluding carboxylic acids is 2. The third-order valence-corrected chi connectivity index (χ3v) is 7.46. The normalized spacial score (nSPS) is 13.6. The molecule has 9 nitrogen and oxygen atoms in total. The van der Waals surface area contributed by atoms with Crippen LogP contribution in [0, 0.1) is 0 Å². The first-order chi connectivity index (χ1) is 17.2. The molecule has 178 valence electrons. The molecule has 0 atom stereocenters. The number of carbonyl (C=O) groups is 2. The van der Waals surface area contributed by atoms with Gasteiger partial charge >= 0.3 is 0 Å². The molecule has 0 aliphatic carbocycles. The van der Waals surface area contributed by atoms with Gasteiger partial charge in [0.2, 0.25) is 11.0 Å². The SMILES string of the molecule is O=C(Nc1nnc(SCC(=O)N2CCN(c3ccccc3)CC2)s1)c1cc(-c2ccccc2)on1. The highest BCUT2D eigenvalue weighted by molar-refractivity contribution is 8.01. The summed E-state index contributed by atoms with van der Waals surface area (Å²) in [5.41, 5.74) is 2.16. The van der Waals surface area contributed by atoms with Crippen molar-refractivity contribution in [2.45, 2.75) is 4.34 Å². The van der Waals surface area contributed by atoms with E-state index in [0.29, 0.717) is 28.3 Å². The molecule has 1 saturated heterocycles. The molecule has 0 unspecified atom stereocenters. The van der Waals surface area contributed by atoms with E-state index >= 15 is 0 Å². The van der Waals surface area contributed by atoms with Crippen LogP contribution >= 0.6 is 23.1 Å². The van der Waals surface area contributed by atoms with Gasteiger partial charge in [-0.05, 0) is 12.1 Å². The molecule has 1 aliphatic rings. The minimum Gasteiger partial charge on any atom is -0.368 e. The van der Waals surface area contributed by atoms with Gasteiger partial charge in [0.1, 0.15) is 0 Å². The summed E-state index contributed by atoms with van der Waals surface area (Å²) in [6.45, 7) is 3.00. The fourth-order valence-electron chi connectivity index (χ4n) is 3.67. The smallest absolute Gasteiger partial charge is 0.279 e. The van der Waals surface area contributed by atoms with Crippen LogP contribution in [0.5, 0.6) is 0 Å². The van der Waals surface area contributed by atoms with E-state index in [1.807, 2.05) is 53.4 Å². The fourth-order valence-corrected chi connectivity index (χ4v) is 5.32. The van der Waals surface area contributed by atoms with Gasteiger partial charge in [0.25, 0.3) is 5.91 Å². The zero-order chi connectivity index (χ0) is 24.0. The number of anilines is 2. The van der Waals surface area contributed by atoms with E-state index in [1.165, 1.54) is 28.8 Å². The maximum absolute atomic E-state index is 12.7. The van der Waals surface area contributed by atoms with Crippen molar-refractivity contribution in [1.82, 2.24) is 20.3 Å². The molecule has 0 spiro atoms. The molecule has 2 amide bonds. The van der Waals surface area contributed by atoms with Crippen LogP contribution in [-0.2, 0) is 4.79 Å². The second-order valence-electron chi connectivity index (χ2n) is 7.76. The molecule has 1 fully saturated rings. The summed E-state index contributed by atoms with van der Waals surface area (Å²) in [6.07, 6.45) is 0. The van der Waals surface area contributed by atoms with Crippen molar-refractivity contribution >= 4 is 45.7 Å². The van der Waals surface area contributed by atoms with E-state index in [0.717, 1.165) is 18.7 Å². The van der Waals surface area contributed by atoms with Gasteiger partial charge in [-0.1, -0.05) is 76.8 Å². The lowest BCUT2D eigenvalue weighted by Crippen LogP contribution is -2.49. The number of para-hydroxylation sites is 1. The molecule has 0 radical (unpaired) electrons. The second-order valence-corrected chi connectivity index (χ2v) is 9.96. The molecule has 1 N–H and O–H groups in total. The third kappa shape index (κ3) is 5.69. The predicted molar refractivity (Wildman–Crippen MR) is 136 cm³/mol. The molecule has 0 bridgehead atoms. The van der Waals surface area contributed by atoms with E-state index in [9.17, 15) is 9.59 Å². The van der Waals surface area contributed by atoms with E-state index < -0.39 is 5.91 Å².